The van der Waals surface area contributed by atoms with Gasteiger partial charge < -0.3 is 9.64 Å². The van der Waals surface area contributed by atoms with E-state index in [2.05, 4.69) is 18.7 Å². The monoisotopic (exact) mass is 273 g/mol. The number of amides is 1. The molecular formula is C17H23NO2. The highest BCUT2D eigenvalue weighted by Gasteiger charge is 2.29. The molecule has 0 aromatic heterocycles. The lowest BCUT2D eigenvalue weighted by Crippen LogP contribution is -2.39. The van der Waals surface area contributed by atoms with Gasteiger partial charge in [0.05, 0.1) is 12.1 Å². The van der Waals surface area contributed by atoms with E-state index in [0.29, 0.717) is 0 Å². The van der Waals surface area contributed by atoms with Crippen LogP contribution in [0.5, 0.6) is 0 Å². The second-order valence-electron chi connectivity index (χ2n) is 5.51. The van der Waals surface area contributed by atoms with Gasteiger partial charge in [0.2, 0.25) is 0 Å². The van der Waals surface area contributed by atoms with Gasteiger partial charge in [-0.1, -0.05) is 30.9 Å². The van der Waals surface area contributed by atoms with Crippen LogP contribution in [0.25, 0.3) is 6.08 Å². The number of nitrogens with zero attached hydrogens (tertiary/aromatic N) is 1. The van der Waals surface area contributed by atoms with E-state index in [9.17, 15) is 4.79 Å². The van der Waals surface area contributed by atoms with Crippen molar-refractivity contribution in [3.63, 3.8) is 0 Å². The largest absolute Gasteiger partial charge is 0.447 e. The number of benzene rings is 1. The van der Waals surface area contributed by atoms with Crippen molar-refractivity contribution in [3.8, 4) is 0 Å². The van der Waals surface area contributed by atoms with Gasteiger partial charge in [0.15, 0.2) is 0 Å². The molecule has 3 nitrogen and oxygen atoms in total. The Kier molecular flexibility index (Phi) is 4.83. The molecule has 1 aromatic carbocycles. The molecule has 0 N–H and O–H groups in total. The number of likely N-dealkylation sites (tertiary alicyclic amines) is 1. The maximum atomic E-state index is 12.2. The summed E-state index contributed by atoms with van der Waals surface area (Å²) in [5.41, 5.74) is 2.26. The summed E-state index contributed by atoms with van der Waals surface area (Å²) in [7, 11) is 0. The van der Waals surface area contributed by atoms with Gasteiger partial charge >= 0.3 is 6.09 Å². The van der Waals surface area contributed by atoms with Crippen LogP contribution in [-0.2, 0) is 4.74 Å². The zero-order valence-corrected chi connectivity index (χ0v) is 12.3. The summed E-state index contributed by atoms with van der Waals surface area (Å²) in [5, 5.41) is 0. The number of carbonyl (C=O) groups excluding carboxylic acids is 1. The average molecular weight is 273 g/mol. The first kappa shape index (κ1) is 14.6. The predicted molar refractivity (Wildman–Crippen MR) is 81.4 cm³/mol. The van der Waals surface area contributed by atoms with Crippen molar-refractivity contribution in [1.82, 2.24) is 4.90 Å². The van der Waals surface area contributed by atoms with Crippen LogP contribution < -0.4 is 0 Å². The van der Waals surface area contributed by atoms with Gasteiger partial charge in [0.1, 0.15) is 0 Å². The fourth-order valence-corrected chi connectivity index (χ4v) is 2.66. The van der Waals surface area contributed by atoms with E-state index in [4.69, 9.17) is 4.74 Å². The first-order valence-corrected chi connectivity index (χ1v) is 7.31. The molecule has 108 valence electrons. The molecule has 1 aliphatic heterocycles. The van der Waals surface area contributed by atoms with Crippen LogP contribution >= 0.6 is 0 Å². The SMILES string of the molecule is C=Cc1cccc(C2CCCCN2C(=O)OC(C)C)c1. The third-order valence-electron chi connectivity index (χ3n) is 3.60. The zero-order valence-electron chi connectivity index (χ0n) is 12.3. The topological polar surface area (TPSA) is 29.5 Å². The summed E-state index contributed by atoms with van der Waals surface area (Å²) in [5.74, 6) is 0. The molecule has 0 aliphatic carbocycles. The van der Waals surface area contributed by atoms with Gasteiger partial charge in [-0.3, -0.25) is 0 Å². The van der Waals surface area contributed by atoms with Crippen LogP contribution in [0.3, 0.4) is 0 Å². The van der Waals surface area contributed by atoms with Crippen LogP contribution in [0.1, 0.15) is 50.3 Å². The number of piperidine rings is 1. The Morgan fingerprint density at radius 3 is 2.95 bits per heavy atom. The van der Waals surface area contributed by atoms with E-state index in [1.807, 2.05) is 37.0 Å². The normalized spacial score (nSPS) is 18.9. The van der Waals surface area contributed by atoms with Gasteiger partial charge in [0.25, 0.3) is 0 Å². The quantitative estimate of drug-likeness (QED) is 0.816. The smallest absolute Gasteiger partial charge is 0.410 e. The van der Waals surface area contributed by atoms with Crippen LogP contribution in [-0.4, -0.2) is 23.6 Å². The van der Waals surface area contributed by atoms with Crippen molar-refractivity contribution in [3.05, 3.63) is 42.0 Å². The standard InChI is InChI=1S/C17H23NO2/c1-4-14-8-7-9-15(12-14)16-10-5-6-11-18(16)17(19)20-13(2)3/h4,7-9,12-13,16H,1,5-6,10-11H2,2-3H3. The van der Waals surface area contributed by atoms with Gasteiger partial charge in [0, 0.05) is 6.54 Å². The Balaban J connectivity index is 2.21. The molecule has 3 heteroatoms. The maximum Gasteiger partial charge on any atom is 0.410 e. The van der Waals surface area contributed by atoms with Gasteiger partial charge in [-0.15, -0.1) is 0 Å². The number of hydrogen-bond acceptors (Lipinski definition) is 2. The molecule has 2 rings (SSSR count). The Bertz CT molecular complexity index is 482. The van der Waals surface area contributed by atoms with Gasteiger partial charge in [-0.2, -0.15) is 0 Å². The van der Waals surface area contributed by atoms with E-state index in [1.165, 1.54) is 5.56 Å². The first-order chi connectivity index (χ1) is 9.61. The second kappa shape index (κ2) is 6.60. The summed E-state index contributed by atoms with van der Waals surface area (Å²) in [4.78, 5) is 14.1. The number of ether oxygens (including phenoxy) is 1. The lowest BCUT2D eigenvalue weighted by molar-refractivity contribution is 0.0526. The molecule has 1 amide bonds. The lowest BCUT2D eigenvalue weighted by atomic mass is 9.94. The van der Waals surface area contributed by atoms with Crippen molar-refractivity contribution < 1.29 is 9.53 Å². The lowest BCUT2D eigenvalue weighted by Gasteiger charge is -2.35. The Labute approximate surface area is 121 Å². The summed E-state index contributed by atoms with van der Waals surface area (Å²) in [6.45, 7) is 8.35. The maximum absolute atomic E-state index is 12.2. The van der Waals surface area contributed by atoms with Crippen LogP contribution in [0.2, 0.25) is 0 Å². The van der Waals surface area contributed by atoms with Crippen LogP contribution in [0.15, 0.2) is 30.8 Å². The molecule has 0 saturated carbocycles. The fraction of sp³-hybridized carbons (Fsp3) is 0.471. The highest BCUT2D eigenvalue weighted by molar-refractivity contribution is 5.68. The first-order valence-electron chi connectivity index (χ1n) is 7.31. The molecule has 1 fully saturated rings. The second-order valence-corrected chi connectivity index (χ2v) is 5.51. The van der Waals surface area contributed by atoms with E-state index in [1.54, 1.807) is 0 Å². The highest BCUT2D eigenvalue weighted by atomic mass is 16.6. The third-order valence-corrected chi connectivity index (χ3v) is 3.60. The van der Waals surface area contributed by atoms with Gasteiger partial charge in [-0.25, -0.2) is 4.79 Å². The summed E-state index contributed by atoms with van der Waals surface area (Å²) < 4.78 is 5.36. The zero-order chi connectivity index (χ0) is 14.5. The predicted octanol–water partition coefficient (Wildman–Crippen LogP) is 4.40. The minimum Gasteiger partial charge on any atom is -0.447 e. The number of hydrogen-bond donors (Lipinski definition) is 0. The molecule has 1 aromatic rings. The van der Waals surface area contributed by atoms with Gasteiger partial charge in [-0.05, 0) is 50.3 Å². The molecule has 1 atom stereocenters. The van der Waals surface area contributed by atoms with E-state index in [0.717, 1.165) is 31.4 Å². The van der Waals surface area contributed by atoms with Crippen LogP contribution in [0.4, 0.5) is 4.79 Å². The molecule has 20 heavy (non-hydrogen) atoms. The Morgan fingerprint density at radius 2 is 2.25 bits per heavy atom. The molecule has 1 saturated heterocycles. The number of rotatable bonds is 3. The fourth-order valence-electron chi connectivity index (χ4n) is 2.66. The summed E-state index contributed by atoms with van der Waals surface area (Å²) in [6.07, 6.45) is 4.74. The van der Waals surface area contributed by atoms with Crippen LogP contribution in [0, 0.1) is 0 Å². The van der Waals surface area contributed by atoms with Crippen molar-refractivity contribution in [2.45, 2.75) is 45.3 Å². The Hall–Kier alpha value is -1.77. The van der Waals surface area contributed by atoms with E-state index in [-0.39, 0.29) is 18.2 Å². The molecule has 1 aliphatic rings. The van der Waals surface area contributed by atoms with Crippen molar-refractivity contribution in [1.29, 1.82) is 0 Å². The van der Waals surface area contributed by atoms with E-state index >= 15 is 0 Å². The summed E-state index contributed by atoms with van der Waals surface area (Å²) >= 11 is 0. The Morgan fingerprint density at radius 1 is 1.45 bits per heavy atom. The minimum absolute atomic E-state index is 0.0791. The summed E-state index contributed by atoms with van der Waals surface area (Å²) in [6, 6.07) is 8.36. The highest BCUT2D eigenvalue weighted by Crippen LogP contribution is 2.32. The molecule has 1 unspecified atom stereocenters. The molecular weight excluding hydrogens is 250 g/mol. The number of carbonyl (C=O) groups is 1. The average Bonchev–Trinajstić information content (AvgIpc) is 2.46. The molecule has 0 bridgehead atoms. The van der Waals surface area contributed by atoms with Crippen molar-refractivity contribution >= 4 is 12.2 Å². The molecule has 0 radical (unpaired) electrons. The molecule has 1 heterocycles. The third kappa shape index (κ3) is 3.41. The van der Waals surface area contributed by atoms with E-state index < -0.39 is 0 Å². The van der Waals surface area contributed by atoms with Crippen molar-refractivity contribution in [2.24, 2.45) is 0 Å². The van der Waals surface area contributed by atoms with Crippen molar-refractivity contribution in [2.75, 3.05) is 6.54 Å². The molecule has 0 spiro atoms. The minimum atomic E-state index is -0.200.